The number of fused-ring (bicyclic) bond motifs is 2. The van der Waals surface area contributed by atoms with Crippen LogP contribution >= 0.6 is 0 Å². The van der Waals surface area contributed by atoms with Gasteiger partial charge in [0.05, 0.1) is 12.8 Å². The molecule has 1 amide bonds. The number of halogens is 2. The van der Waals surface area contributed by atoms with Crippen molar-refractivity contribution >= 4 is 11.6 Å². The van der Waals surface area contributed by atoms with Gasteiger partial charge in [-0.05, 0) is 12.8 Å². The number of rotatable bonds is 1. The molecule has 6 heteroatoms. The van der Waals surface area contributed by atoms with Gasteiger partial charge in [-0.2, -0.15) is 0 Å². The van der Waals surface area contributed by atoms with Crippen molar-refractivity contribution in [3.8, 4) is 5.75 Å². The SMILES string of the molecule is COc1c(F)cc(F)c2c1NCC21CCN(C(=O)C(C)(C)C)CC1. The summed E-state index contributed by atoms with van der Waals surface area (Å²) in [4.78, 5) is 14.3. The van der Waals surface area contributed by atoms with Gasteiger partial charge in [-0.3, -0.25) is 4.79 Å². The first-order valence-corrected chi connectivity index (χ1v) is 8.29. The zero-order valence-corrected chi connectivity index (χ0v) is 14.6. The van der Waals surface area contributed by atoms with E-state index in [1.807, 2.05) is 25.7 Å². The number of methoxy groups -OCH3 is 1. The summed E-state index contributed by atoms with van der Waals surface area (Å²) in [5, 5.41) is 3.13. The molecular formula is C18H24F2N2O2. The Labute approximate surface area is 141 Å². The Kier molecular flexibility index (Phi) is 3.97. The van der Waals surface area contributed by atoms with Crippen LogP contribution in [-0.2, 0) is 10.2 Å². The van der Waals surface area contributed by atoms with Crippen molar-refractivity contribution in [3.63, 3.8) is 0 Å². The summed E-state index contributed by atoms with van der Waals surface area (Å²) >= 11 is 0. The van der Waals surface area contributed by atoms with Gasteiger partial charge in [0.1, 0.15) is 5.82 Å². The summed E-state index contributed by atoms with van der Waals surface area (Å²) in [5.74, 6) is -1.06. The molecule has 1 aromatic rings. The van der Waals surface area contributed by atoms with Crippen LogP contribution in [0.4, 0.5) is 14.5 Å². The summed E-state index contributed by atoms with van der Waals surface area (Å²) in [6.07, 6.45) is 1.31. The highest BCUT2D eigenvalue weighted by atomic mass is 19.1. The van der Waals surface area contributed by atoms with Crippen molar-refractivity contribution < 1.29 is 18.3 Å². The molecule has 132 valence electrons. The van der Waals surface area contributed by atoms with Gasteiger partial charge in [0.2, 0.25) is 5.91 Å². The Morgan fingerprint density at radius 3 is 2.42 bits per heavy atom. The van der Waals surface area contributed by atoms with Crippen LogP contribution < -0.4 is 10.1 Å². The molecule has 2 aliphatic rings. The number of nitrogens with one attached hydrogen (secondary N) is 1. The standard InChI is InChI=1S/C18H24F2N2O2/c1-17(2,3)16(23)22-7-5-18(6-8-22)10-21-14-13(18)11(19)9-12(20)15(14)24-4/h9,21H,5-8,10H2,1-4H3. The second-order valence-corrected chi connectivity index (χ2v) is 7.80. The Morgan fingerprint density at radius 1 is 1.25 bits per heavy atom. The fraction of sp³-hybridized carbons (Fsp3) is 0.611. The molecule has 0 saturated carbocycles. The first-order valence-electron chi connectivity index (χ1n) is 8.29. The van der Waals surface area contributed by atoms with E-state index >= 15 is 0 Å². The molecule has 24 heavy (non-hydrogen) atoms. The minimum Gasteiger partial charge on any atom is -0.492 e. The lowest BCUT2D eigenvalue weighted by molar-refractivity contribution is -0.141. The molecule has 1 aromatic carbocycles. The molecule has 4 nitrogen and oxygen atoms in total. The topological polar surface area (TPSA) is 41.6 Å². The lowest BCUT2D eigenvalue weighted by Crippen LogP contribution is -2.49. The van der Waals surface area contributed by atoms with Crippen LogP contribution in [0, 0.1) is 17.0 Å². The zero-order valence-electron chi connectivity index (χ0n) is 14.6. The average Bonchev–Trinajstić information content (AvgIpc) is 2.86. The first-order chi connectivity index (χ1) is 11.2. The Balaban J connectivity index is 1.89. The highest BCUT2D eigenvalue weighted by Gasteiger charge is 2.46. The number of nitrogens with zero attached hydrogens (tertiary/aromatic N) is 1. The normalized spacial score (nSPS) is 19.2. The number of carbonyl (C=O) groups is 1. The number of carbonyl (C=O) groups excluding carboxylic acids is 1. The Morgan fingerprint density at radius 2 is 1.88 bits per heavy atom. The van der Waals surface area contributed by atoms with E-state index in [1.165, 1.54) is 7.11 Å². The molecule has 0 aliphatic carbocycles. The van der Waals surface area contributed by atoms with Gasteiger partial charge >= 0.3 is 0 Å². The van der Waals surface area contributed by atoms with Crippen LogP contribution in [0.1, 0.15) is 39.2 Å². The van der Waals surface area contributed by atoms with Crippen molar-refractivity contribution in [2.75, 3.05) is 32.1 Å². The van der Waals surface area contributed by atoms with E-state index in [-0.39, 0.29) is 11.7 Å². The van der Waals surface area contributed by atoms with E-state index in [1.54, 1.807) is 0 Å². The van der Waals surface area contributed by atoms with Crippen LogP contribution in [0.2, 0.25) is 0 Å². The molecule has 0 atom stereocenters. The van der Waals surface area contributed by atoms with E-state index in [0.29, 0.717) is 43.7 Å². The molecule has 0 unspecified atom stereocenters. The maximum Gasteiger partial charge on any atom is 0.227 e. The van der Waals surface area contributed by atoms with E-state index in [2.05, 4.69) is 5.32 Å². The largest absolute Gasteiger partial charge is 0.492 e. The minimum atomic E-state index is -0.696. The number of hydrogen-bond acceptors (Lipinski definition) is 3. The molecule has 0 radical (unpaired) electrons. The third kappa shape index (κ3) is 2.52. The third-order valence-electron chi connectivity index (χ3n) is 5.17. The quantitative estimate of drug-likeness (QED) is 0.854. The van der Waals surface area contributed by atoms with Gasteiger partial charge in [0, 0.05) is 42.1 Å². The van der Waals surface area contributed by atoms with E-state index < -0.39 is 22.5 Å². The second kappa shape index (κ2) is 5.60. The molecule has 0 aromatic heterocycles. The van der Waals surface area contributed by atoms with Crippen LogP contribution in [0.3, 0.4) is 0 Å². The fourth-order valence-electron chi connectivity index (χ4n) is 3.87. The number of anilines is 1. The summed E-state index contributed by atoms with van der Waals surface area (Å²) in [5.41, 5.74) is 0.0948. The van der Waals surface area contributed by atoms with E-state index in [4.69, 9.17) is 4.74 Å². The molecule has 0 bridgehead atoms. The van der Waals surface area contributed by atoms with Gasteiger partial charge < -0.3 is 15.0 Å². The maximum absolute atomic E-state index is 14.5. The number of likely N-dealkylation sites (tertiary alicyclic amines) is 1. The van der Waals surface area contributed by atoms with Gasteiger partial charge in [-0.25, -0.2) is 8.78 Å². The van der Waals surface area contributed by atoms with Crippen LogP contribution in [-0.4, -0.2) is 37.6 Å². The fourth-order valence-corrected chi connectivity index (χ4v) is 3.87. The Bertz CT molecular complexity index is 675. The summed E-state index contributed by atoms with van der Waals surface area (Å²) in [6, 6.07) is 0.902. The van der Waals surface area contributed by atoms with Crippen molar-refractivity contribution in [1.82, 2.24) is 4.90 Å². The molecule has 1 fully saturated rings. The summed E-state index contributed by atoms with van der Waals surface area (Å²) in [7, 11) is 1.38. The molecule has 2 heterocycles. The predicted molar refractivity (Wildman–Crippen MR) is 88.3 cm³/mol. The maximum atomic E-state index is 14.5. The van der Waals surface area contributed by atoms with Crippen molar-refractivity contribution in [2.24, 2.45) is 5.41 Å². The second-order valence-electron chi connectivity index (χ2n) is 7.80. The summed E-state index contributed by atoms with van der Waals surface area (Å²) < 4.78 is 33.5. The predicted octanol–water partition coefficient (Wildman–Crippen LogP) is 3.31. The van der Waals surface area contributed by atoms with Crippen molar-refractivity contribution in [1.29, 1.82) is 0 Å². The molecule has 1 N–H and O–H groups in total. The van der Waals surface area contributed by atoms with Crippen molar-refractivity contribution in [2.45, 2.75) is 39.0 Å². The van der Waals surface area contributed by atoms with Gasteiger partial charge in [0.15, 0.2) is 11.6 Å². The third-order valence-corrected chi connectivity index (χ3v) is 5.17. The Hall–Kier alpha value is -1.85. The number of hydrogen-bond donors (Lipinski definition) is 1. The molecule has 1 saturated heterocycles. The van der Waals surface area contributed by atoms with Gasteiger partial charge in [-0.15, -0.1) is 0 Å². The molecular weight excluding hydrogens is 314 g/mol. The highest BCUT2D eigenvalue weighted by molar-refractivity contribution is 5.81. The number of piperidine rings is 1. The lowest BCUT2D eigenvalue weighted by Gasteiger charge is -2.41. The zero-order chi connectivity index (χ0) is 17.7. The molecule has 1 spiro atoms. The molecule has 3 rings (SSSR count). The van der Waals surface area contributed by atoms with Gasteiger partial charge in [-0.1, -0.05) is 20.8 Å². The summed E-state index contributed by atoms with van der Waals surface area (Å²) in [6.45, 7) is 7.40. The highest BCUT2D eigenvalue weighted by Crippen LogP contribution is 2.49. The van der Waals surface area contributed by atoms with Crippen LogP contribution in [0.15, 0.2) is 6.07 Å². The smallest absolute Gasteiger partial charge is 0.227 e. The van der Waals surface area contributed by atoms with Crippen LogP contribution in [0.25, 0.3) is 0 Å². The first kappa shape index (κ1) is 17.0. The number of amides is 1. The average molecular weight is 338 g/mol. The van der Waals surface area contributed by atoms with Gasteiger partial charge in [0.25, 0.3) is 0 Å². The van der Waals surface area contributed by atoms with E-state index in [9.17, 15) is 13.6 Å². The monoisotopic (exact) mass is 338 g/mol. The van der Waals surface area contributed by atoms with Crippen LogP contribution in [0.5, 0.6) is 5.75 Å². The number of ether oxygens (including phenoxy) is 1. The van der Waals surface area contributed by atoms with E-state index in [0.717, 1.165) is 6.07 Å². The molecule has 2 aliphatic heterocycles. The number of benzene rings is 1. The minimum absolute atomic E-state index is 0.0662. The van der Waals surface area contributed by atoms with Crippen molar-refractivity contribution in [3.05, 3.63) is 23.3 Å². The lowest BCUT2D eigenvalue weighted by atomic mass is 9.73.